The first-order valence-corrected chi connectivity index (χ1v) is 7.71. The first-order valence-electron chi connectivity index (χ1n) is 6.11. The van der Waals surface area contributed by atoms with E-state index in [9.17, 15) is 4.79 Å². The zero-order valence-corrected chi connectivity index (χ0v) is 12.6. The van der Waals surface area contributed by atoms with Gasteiger partial charge >= 0.3 is 6.03 Å². The van der Waals surface area contributed by atoms with Gasteiger partial charge in [-0.05, 0) is 42.2 Å². The number of urea groups is 1. The Morgan fingerprint density at radius 1 is 1.20 bits per heavy atom. The first-order chi connectivity index (χ1) is 9.67. The fourth-order valence-corrected chi connectivity index (χ4v) is 2.27. The Labute approximate surface area is 127 Å². The lowest BCUT2D eigenvalue weighted by atomic mass is 10.2. The molecule has 0 fully saturated rings. The molecule has 2 amide bonds. The Morgan fingerprint density at radius 2 is 1.95 bits per heavy atom. The van der Waals surface area contributed by atoms with Crippen molar-refractivity contribution in [3.05, 3.63) is 59.1 Å². The monoisotopic (exact) mass is 306 g/mol. The molecule has 0 radical (unpaired) electrons. The maximum atomic E-state index is 11.8. The highest BCUT2D eigenvalue weighted by Gasteiger charge is 2.02. The van der Waals surface area contributed by atoms with Crippen molar-refractivity contribution in [1.29, 1.82) is 0 Å². The minimum absolute atomic E-state index is 0.249. The molecule has 0 saturated carbocycles. The Morgan fingerprint density at radius 3 is 2.60 bits per heavy atom. The van der Waals surface area contributed by atoms with E-state index in [1.165, 1.54) is 4.90 Å². The highest BCUT2D eigenvalue weighted by atomic mass is 35.5. The average molecular weight is 307 g/mol. The summed E-state index contributed by atoms with van der Waals surface area (Å²) in [5, 5.41) is 6.13. The number of anilines is 1. The van der Waals surface area contributed by atoms with E-state index < -0.39 is 0 Å². The molecule has 5 heteroatoms. The van der Waals surface area contributed by atoms with Gasteiger partial charge in [0.05, 0.1) is 0 Å². The van der Waals surface area contributed by atoms with Crippen LogP contribution in [0.5, 0.6) is 0 Å². The number of carbonyl (C=O) groups excluding carboxylic acids is 1. The Bertz CT molecular complexity index is 587. The summed E-state index contributed by atoms with van der Waals surface area (Å²) in [6, 6.07) is 14.9. The summed E-state index contributed by atoms with van der Waals surface area (Å²) >= 11 is 7.55. The molecule has 2 aromatic carbocycles. The predicted octanol–water partition coefficient (Wildman–Crippen LogP) is 4.38. The number of amides is 2. The molecule has 0 bridgehead atoms. The largest absolute Gasteiger partial charge is 0.334 e. The van der Waals surface area contributed by atoms with Crippen LogP contribution >= 0.6 is 23.4 Å². The number of thioether (sulfide) groups is 1. The van der Waals surface area contributed by atoms with E-state index in [2.05, 4.69) is 10.6 Å². The SMILES string of the molecule is CSc1ccc(CNC(=O)Nc2cccc(Cl)c2)cc1. The highest BCUT2D eigenvalue weighted by Crippen LogP contribution is 2.15. The minimum atomic E-state index is -0.249. The van der Waals surface area contributed by atoms with Gasteiger partial charge in [-0.25, -0.2) is 4.79 Å². The van der Waals surface area contributed by atoms with Gasteiger partial charge in [0, 0.05) is 22.2 Å². The van der Waals surface area contributed by atoms with Gasteiger partial charge in [-0.2, -0.15) is 0 Å². The second-order valence-corrected chi connectivity index (χ2v) is 5.48. The number of hydrogen-bond donors (Lipinski definition) is 2. The van der Waals surface area contributed by atoms with Crippen molar-refractivity contribution in [1.82, 2.24) is 5.32 Å². The fourth-order valence-electron chi connectivity index (χ4n) is 1.67. The lowest BCUT2D eigenvalue weighted by molar-refractivity contribution is 0.251. The van der Waals surface area contributed by atoms with Gasteiger partial charge in [-0.1, -0.05) is 29.8 Å². The molecule has 0 saturated heterocycles. The maximum absolute atomic E-state index is 11.8. The Kier molecular flexibility index (Phi) is 5.32. The van der Waals surface area contributed by atoms with Gasteiger partial charge in [0.1, 0.15) is 0 Å². The van der Waals surface area contributed by atoms with Crippen molar-refractivity contribution < 1.29 is 4.79 Å². The third kappa shape index (κ3) is 4.47. The van der Waals surface area contributed by atoms with E-state index >= 15 is 0 Å². The third-order valence-electron chi connectivity index (χ3n) is 2.69. The van der Waals surface area contributed by atoms with E-state index in [-0.39, 0.29) is 6.03 Å². The smallest absolute Gasteiger partial charge is 0.319 e. The number of hydrogen-bond acceptors (Lipinski definition) is 2. The Hall–Kier alpha value is -1.65. The van der Waals surface area contributed by atoms with E-state index in [1.54, 1.807) is 36.0 Å². The molecule has 0 aliphatic heterocycles. The molecule has 2 rings (SSSR count). The summed E-state index contributed by atoms with van der Waals surface area (Å²) < 4.78 is 0. The second-order valence-electron chi connectivity index (χ2n) is 4.17. The van der Waals surface area contributed by atoms with Crippen molar-refractivity contribution in [3.8, 4) is 0 Å². The van der Waals surface area contributed by atoms with E-state index in [1.807, 2.05) is 30.5 Å². The average Bonchev–Trinajstić information content (AvgIpc) is 2.46. The van der Waals surface area contributed by atoms with Crippen LogP contribution in [0.1, 0.15) is 5.56 Å². The van der Waals surface area contributed by atoms with Gasteiger partial charge in [0.25, 0.3) is 0 Å². The second kappa shape index (κ2) is 7.22. The van der Waals surface area contributed by atoms with Crippen LogP contribution in [0.2, 0.25) is 5.02 Å². The number of benzene rings is 2. The van der Waals surface area contributed by atoms with Crippen molar-refractivity contribution in [3.63, 3.8) is 0 Å². The summed E-state index contributed by atoms with van der Waals surface area (Å²) in [5.74, 6) is 0. The van der Waals surface area contributed by atoms with Crippen LogP contribution in [-0.2, 0) is 6.54 Å². The third-order valence-corrected chi connectivity index (χ3v) is 3.67. The molecule has 0 aliphatic rings. The molecule has 0 aliphatic carbocycles. The summed E-state index contributed by atoms with van der Waals surface area (Å²) in [4.78, 5) is 13.0. The van der Waals surface area contributed by atoms with E-state index in [0.29, 0.717) is 17.3 Å². The van der Waals surface area contributed by atoms with Crippen LogP contribution in [-0.4, -0.2) is 12.3 Å². The molecule has 0 unspecified atom stereocenters. The lowest BCUT2D eigenvalue weighted by Gasteiger charge is -2.08. The van der Waals surface area contributed by atoms with Gasteiger partial charge in [-0.15, -0.1) is 11.8 Å². The molecular formula is C15H15ClN2OS. The molecule has 0 spiro atoms. The van der Waals surface area contributed by atoms with Gasteiger partial charge in [-0.3, -0.25) is 0 Å². The topological polar surface area (TPSA) is 41.1 Å². The summed E-state index contributed by atoms with van der Waals surface area (Å²) in [5.41, 5.74) is 1.73. The predicted molar refractivity (Wildman–Crippen MR) is 85.5 cm³/mol. The molecule has 2 aromatic rings. The van der Waals surface area contributed by atoms with Gasteiger partial charge in [0.2, 0.25) is 0 Å². The Balaban J connectivity index is 1.85. The van der Waals surface area contributed by atoms with E-state index in [0.717, 1.165) is 5.56 Å². The van der Waals surface area contributed by atoms with Gasteiger partial charge in [0.15, 0.2) is 0 Å². The molecule has 0 aromatic heterocycles. The van der Waals surface area contributed by atoms with Crippen molar-refractivity contribution in [2.45, 2.75) is 11.4 Å². The lowest BCUT2D eigenvalue weighted by Crippen LogP contribution is -2.28. The van der Waals surface area contributed by atoms with Crippen LogP contribution in [0.3, 0.4) is 0 Å². The molecule has 0 atom stereocenters. The highest BCUT2D eigenvalue weighted by molar-refractivity contribution is 7.98. The van der Waals surface area contributed by atoms with Crippen LogP contribution in [0, 0.1) is 0 Å². The number of halogens is 1. The summed E-state index contributed by atoms with van der Waals surface area (Å²) in [6.07, 6.45) is 2.03. The number of nitrogens with one attached hydrogen (secondary N) is 2. The molecule has 104 valence electrons. The first kappa shape index (κ1) is 14.8. The minimum Gasteiger partial charge on any atom is -0.334 e. The summed E-state index contributed by atoms with van der Waals surface area (Å²) in [7, 11) is 0. The maximum Gasteiger partial charge on any atom is 0.319 e. The molecule has 20 heavy (non-hydrogen) atoms. The molecule has 0 heterocycles. The van der Waals surface area contributed by atoms with Crippen LogP contribution in [0.25, 0.3) is 0 Å². The molecule has 3 nitrogen and oxygen atoms in total. The summed E-state index contributed by atoms with van der Waals surface area (Å²) in [6.45, 7) is 0.487. The van der Waals surface area contributed by atoms with Crippen LogP contribution in [0.4, 0.5) is 10.5 Å². The quantitative estimate of drug-likeness (QED) is 0.823. The van der Waals surface area contributed by atoms with Crippen LogP contribution < -0.4 is 10.6 Å². The van der Waals surface area contributed by atoms with Gasteiger partial charge < -0.3 is 10.6 Å². The number of rotatable bonds is 4. The van der Waals surface area contributed by atoms with Crippen molar-refractivity contribution in [2.75, 3.05) is 11.6 Å². The van der Waals surface area contributed by atoms with E-state index in [4.69, 9.17) is 11.6 Å². The molecule has 2 N–H and O–H groups in total. The standard InChI is InChI=1S/C15H15ClN2OS/c1-20-14-7-5-11(6-8-14)10-17-15(19)18-13-4-2-3-12(16)9-13/h2-9H,10H2,1H3,(H2,17,18,19). The zero-order chi connectivity index (χ0) is 14.4. The molecular weight excluding hydrogens is 292 g/mol. The van der Waals surface area contributed by atoms with Crippen molar-refractivity contribution in [2.24, 2.45) is 0 Å². The van der Waals surface area contributed by atoms with Crippen LogP contribution in [0.15, 0.2) is 53.4 Å². The zero-order valence-electron chi connectivity index (χ0n) is 11.0. The normalized spacial score (nSPS) is 10.1. The van der Waals surface area contributed by atoms with Crippen molar-refractivity contribution >= 4 is 35.1 Å². The fraction of sp³-hybridized carbons (Fsp3) is 0.133. The number of carbonyl (C=O) groups is 1.